The van der Waals surface area contributed by atoms with Crippen molar-refractivity contribution >= 4 is 29.3 Å². The highest BCUT2D eigenvalue weighted by atomic mass is 35.5. The summed E-state index contributed by atoms with van der Waals surface area (Å²) in [5.41, 5.74) is 12.3. The Labute approximate surface area is 111 Å². The quantitative estimate of drug-likeness (QED) is 0.782. The van der Waals surface area contributed by atoms with Gasteiger partial charge >= 0.3 is 0 Å². The summed E-state index contributed by atoms with van der Waals surface area (Å²) < 4.78 is 0. The van der Waals surface area contributed by atoms with Crippen molar-refractivity contribution in [2.75, 3.05) is 5.75 Å². The van der Waals surface area contributed by atoms with Crippen LogP contribution in [0.3, 0.4) is 0 Å². The minimum atomic E-state index is -0.456. The van der Waals surface area contributed by atoms with E-state index in [0.717, 1.165) is 23.5 Å². The number of hydrogen-bond acceptors (Lipinski definition) is 3. The van der Waals surface area contributed by atoms with Crippen LogP contribution < -0.4 is 11.5 Å². The molecule has 1 rings (SSSR count). The summed E-state index contributed by atoms with van der Waals surface area (Å²) in [5.74, 6) is 1.37. The molecule has 0 aliphatic rings. The molecule has 0 spiro atoms. The SMILES string of the molecule is CC(N)CCSCc1ccc(C(N)=O)cc1Cl. The molecule has 0 radical (unpaired) electrons. The number of hydrogen-bond donors (Lipinski definition) is 2. The van der Waals surface area contributed by atoms with Crippen LogP contribution in [0.25, 0.3) is 0 Å². The van der Waals surface area contributed by atoms with Gasteiger partial charge in [-0.2, -0.15) is 11.8 Å². The van der Waals surface area contributed by atoms with Crippen molar-refractivity contribution in [1.29, 1.82) is 0 Å². The van der Waals surface area contributed by atoms with Gasteiger partial charge < -0.3 is 11.5 Å². The van der Waals surface area contributed by atoms with E-state index in [4.69, 9.17) is 23.1 Å². The zero-order chi connectivity index (χ0) is 12.8. The molecule has 1 aromatic carbocycles. The summed E-state index contributed by atoms with van der Waals surface area (Å²) in [6.45, 7) is 2.00. The number of thioether (sulfide) groups is 1. The summed E-state index contributed by atoms with van der Waals surface area (Å²) in [4.78, 5) is 10.9. The van der Waals surface area contributed by atoms with Crippen molar-refractivity contribution < 1.29 is 4.79 Å². The average molecular weight is 273 g/mol. The number of primary amides is 1. The fourth-order valence-corrected chi connectivity index (χ4v) is 2.75. The van der Waals surface area contributed by atoms with E-state index in [1.807, 2.05) is 13.0 Å². The van der Waals surface area contributed by atoms with Gasteiger partial charge in [-0.1, -0.05) is 17.7 Å². The molecule has 94 valence electrons. The molecule has 0 heterocycles. The Kier molecular flexibility index (Phi) is 5.82. The maximum Gasteiger partial charge on any atom is 0.248 e. The molecule has 0 aromatic heterocycles. The van der Waals surface area contributed by atoms with Gasteiger partial charge in [0.25, 0.3) is 0 Å². The lowest BCUT2D eigenvalue weighted by Gasteiger charge is -2.07. The Balaban J connectivity index is 2.52. The highest BCUT2D eigenvalue weighted by molar-refractivity contribution is 7.98. The van der Waals surface area contributed by atoms with Gasteiger partial charge in [-0.15, -0.1) is 0 Å². The first-order chi connectivity index (χ1) is 8.00. The van der Waals surface area contributed by atoms with Crippen molar-refractivity contribution in [3.63, 3.8) is 0 Å². The molecular formula is C12H17ClN2OS. The number of amides is 1. The van der Waals surface area contributed by atoms with E-state index in [9.17, 15) is 4.79 Å². The summed E-state index contributed by atoms with van der Waals surface area (Å²) in [5, 5.41) is 0.592. The first-order valence-electron chi connectivity index (χ1n) is 5.42. The van der Waals surface area contributed by atoms with E-state index in [2.05, 4.69) is 0 Å². The van der Waals surface area contributed by atoms with Gasteiger partial charge in [0.2, 0.25) is 5.91 Å². The molecule has 1 aromatic rings. The highest BCUT2D eigenvalue weighted by Crippen LogP contribution is 2.23. The molecule has 0 saturated heterocycles. The second-order valence-corrected chi connectivity index (χ2v) is 5.50. The number of benzene rings is 1. The van der Waals surface area contributed by atoms with E-state index in [0.29, 0.717) is 10.6 Å². The van der Waals surface area contributed by atoms with Crippen LogP contribution in [-0.2, 0) is 5.75 Å². The zero-order valence-corrected chi connectivity index (χ0v) is 11.4. The summed E-state index contributed by atoms with van der Waals surface area (Å²) in [7, 11) is 0. The van der Waals surface area contributed by atoms with Crippen LogP contribution in [-0.4, -0.2) is 17.7 Å². The Morgan fingerprint density at radius 3 is 2.76 bits per heavy atom. The molecule has 5 heteroatoms. The lowest BCUT2D eigenvalue weighted by Crippen LogP contribution is -2.15. The molecule has 3 nitrogen and oxygen atoms in total. The van der Waals surface area contributed by atoms with Gasteiger partial charge in [0.15, 0.2) is 0 Å². The molecule has 1 atom stereocenters. The highest BCUT2D eigenvalue weighted by Gasteiger charge is 2.05. The van der Waals surface area contributed by atoms with Gasteiger partial charge in [-0.25, -0.2) is 0 Å². The Bertz CT molecular complexity index is 396. The van der Waals surface area contributed by atoms with Gasteiger partial charge in [-0.3, -0.25) is 4.79 Å². The third-order valence-electron chi connectivity index (χ3n) is 2.31. The number of nitrogens with two attached hydrogens (primary N) is 2. The van der Waals surface area contributed by atoms with Crippen LogP contribution in [0.15, 0.2) is 18.2 Å². The van der Waals surface area contributed by atoms with Crippen molar-refractivity contribution in [1.82, 2.24) is 0 Å². The summed E-state index contributed by atoms with van der Waals surface area (Å²) >= 11 is 7.85. The van der Waals surface area contributed by atoms with Crippen LogP contribution in [0.1, 0.15) is 29.3 Å². The molecular weight excluding hydrogens is 256 g/mol. The monoisotopic (exact) mass is 272 g/mol. The topological polar surface area (TPSA) is 69.1 Å². The second kappa shape index (κ2) is 6.89. The van der Waals surface area contributed by atoms with Crippen LogP contribution in [0.5, 0.6) is 0 Å². The molecule has 0 bridgehead atoms. The Morgan fingerprint density at radius 2 is 2.24 bits per heavy atom. The molecule has 1 amide bonds. The molecule has 1 unspecified atom stereocenters. The average Bonchev–Trinajstić information content (AvgIpc) is 2.25. The number of carbonyl (C=O) groups is 1. The summed E-state index contributed by atoms with van der Waals surface area (Å²) in [6, 6.07) is 5.40. The van der Waals surface area contributed by atoms with Crippen molar-refractivity contribution in [2.24, 2.45) is 11.5 Å². The predicted molar refractivity (Wildman–Crippen MR) is 74.4 cm³/mol. The smallest absolute Gasteiger partial charge is 0.248 e. The lowest BCUT2D eigenvalue weighted by atomic mass is 10.1. The van der Waals surface area contributed by atoms with E-state index >= 15 is 0 Å². The van der Waals surface area contributed by atoms with E-state index < -0.39 is 5.91 Å². The zero-order valence-electron chi connectivity index (χ0n) is 9.78. The molecule has 17 heavy (non-hydrogen) atoms. The number of halogens is 1. The maximum atomic E-state index is 10.9. The minimum absolute atomic E-state index is 0.232. The Hall–Kier alpha value is -0.710. The molecule has 0 aliphatic carbocycles. The number of rotatable bonds is 6. The van der Waals surface area contributed by atoms with Crippen molar-refractivity contribution in [2.45, 2.75) is 25.1 Å². The van der Waals surface area contributed by atoms with Gasteiger partial charge in [-0.05, 0) is 36.8 Å². The normalized spacial score (nSPS) is 12.4. The second-order valence-electron chi connectivity index (χ2n) is 3.99. The molecule has 4 N–H and O–H groups in total. The van der Waals surface area contributed by atoms with Gasteiger partial charge in [0, 0.05) is 22.4 Å². The maximum absolute atomic E-state index is 10.9. The molecule has 0 fully saturated rings. The standard InChI is InChI=1S/C12H17ClN2OS/c1-8(14)4-5-17-7-10-3-2-9(12(15)16)6-11(10)13/h2-3,6,8H,4-5,7,14H2,1H3,(H2,15,16). The third-order valence-corrected chi connectivity index (χ3v) is 3.70. The number of carbonyl (C=O) groups excluding carboxylic acids is 1. The Morgan fingerprint density at radius 1 is 1.53 bits per heavy atom. The van der Waals surface area contributed by atoms with Crippen molar-refractivity contribution in [3.8, 4) is 0 Å². The largest absolute Gasteiger partial charge is 0.366 e. The molecule has 0 aliphatic heterocycles. The first-order valence-corrected chi connectivity index (χ1v) is 6.95. The fraction of sp³-hybridized carbons (Fsp3) is 0.417. The van der Waals surface area contributed by atoms with Gasteiger partial charge in [0.1, 0.15) is 0 Å². The van der Waals surface area contributed by atoms with E-state index in [1.54, 1.807) is 23.9 Å². The molecule has 0 saturated carbocycles. The van der Waals surface area contributed by atoms with Crippen LogP contribution in [0.2, 0.25) is 5.02 Å². The fourth-order valence-electron chi connectivity index (χ4n) is 1.27. The predicted octanol–water partition coefficient (Wildman–Crippen LogP) is 2.41. The van der Waals surface area contributed by atoms with E-state index in [1.165, 1.54) is 0 Å². The van der Waals surface area contributed by atoms with Crippen LogP contribution in [0, 0.1) is 0 Å². The van der Waals surface area contributed by atoms with Crippen molar-refractivity contribution in [3.05, 3.63) is 34.3 Å². The minimum Gasteiger partial charge on any atom is -0.366 e. The third kappa shape index (κ3) is 4.98. The van der Waals surface area contributed by atoms with Crippen LogP contribution in [0.4, 0.5) is 0 Å². The summed E-state index contributed by atoms with van der Waals surface area (Å²) in [6.07, 6.45) is 0.988. The first kappa shape index (κ1) is 14.4. The van der Waals surface area contributed by atoms with E-state index in [-0.39, 0.29) is 6.04 Å². The van der Waals surface area contributed by atoms with Crippen LogP contribution >= 0.6 is 23.4 Å². The van der Waals surface area contributed by atoms with Gasteiger partial charge in [0.05, 0.1) is 0 Å². The lowest BCUT2D eigenvalue weighted by molar-refractivity contribution is 0.100.